The second-order valence-electron chi connectivity index (χ2n) is 7.89. The lowest BCUT2D eigenvalue weighted by Gasteiger charge is -2.13. The van der Waals surface area contributed by atoms with Crippen molar-refractivity contribution in [3.8, 4) is 0 Å². The molecule has 0 unspecified atom stereocenters. The van der Waals surface area contributed by atoms with E-state index in [1.807, 2.05) is 43.3 Å². The molecule has 1 aliphatic rings. The number of amides is 2. The summed E-state index contributed by atoms with van der Waals surface area (Å²) in [6.07, 6.45) is 1.45. The molecule has 0 radical (unpaired) electrons. The third-order valence-corrected chi connectivity index (χ3v) is 6.17. The molecule has 0 bridgehead atoms. The standard InChI is InChI=1S/C25H24N2O4S/c1-16(2)31-23(28)15-27-24(29)22(32-25(27)30)13-20-17(3)26(14-18-9-5-4-6-10-18)21-12-8-7-11-19(20)21/h4-13,16H,14-15H2,1-3H3/b22-13-. The molecule has 1 saturated heterocycles. The SMILES string of the molecule is Cc1c(/C=C2\SC(=O)N(CC(=O)OC(C)C)C2=O)c2ccccc2n1Cc1ccccc1. The van der Waals surface area contributed by atoms with E-state index in [4.69, 9.17) is 4.74 Å². The molecule has 3 aromatic rings. The lowest BCUT2D eigenvalue weighted by atomic mass is 10.1. The first-order chi connectivity index (χ1) is 15.3. The van der Waals surface area contributed by atoms with Crippen LogP contribution in [0.15, 0.2) is 59.5 Å². The number of fused-ring (bicyclic) bond motifs is 1. The van der Waals surface area contributed by atoms with Crippen molar-refractivity contribution in [3.63, 3.8) is 0 Å². The Morgan fingerprint density at radius 3 is 2.47 bits per heavy atom. The van der Waals surface area contributed by atoms with Gasteiger partial charge in [-0.05, 0) is 50.2 Å². The maximum Gasteiger partial charge on any atom is 0.326 e. The van der Waals surface area contributed by atoms with Gasteiger partial charge in [-0.25, -0.2) is 0 Å². The van der Waals surface area contributed by atoms with Crippen LogP contribution in [-0.2, 0) is 20.9 Å². The molecule has 0 atom stereocenters. The van der Waals surface area contributed by atoms with E-state index in [2.05, 4.69) is 22.8 Å². The summed E-state index contributed by atoms with van der Waals surface area (Å²) in [5.41, 5.74) is 4.12. The average Bonchev–Trinajstić information content (AvgIpc) is 3.17. The Kier molecular flexibility index (Phi) is 6.19. The summed E-state index contributed by atoms with van der Waals surface area (Å²) >= 11 is 0.850. The van der Waals surface area contributed by atoms with Gasteiger partial charge in [0.1, 0.15) is 6.54 Å². The largest absolute Gasteiger partial charge is 0.462 e. The summed E-state index contributed by atoms with van der Waals surface area (Å²) in [5.74, 6) is -1.07. The minimum Gasteiger partial charge on any atom is -0.462 e. The third kappa shape index (κ3) is 4.34. The van der Waals surface area contributed by atoms with Gasteiger partial charge in [0, 0.05) is 28.7 Å². The van der Waals surface area contributed by atoms with E-state index in [-0.39, 0.29) is 12.6 Å². The first-order valence-corrected chi connectivity index (χ1v) is 11.2. The Morgan fingerprint density at radius 2 is 1.75 bits per heavy atom. The Labute approximate surface area is 190 Å². The molecule has 0 aliphatic carbocycles. The molecule has 2 heterocycles. The fraction of sp³-hybridized carbons (Fsp3) is 0.240. The van der Waals surface area contributed by atoms with Crippen molar-refractivity contribution in [2.45, 2.75) is 33.4 Å². The monoisotopic (exact) mass is 448 g/mol. The molecule has 1 aromatic heterocycles. The van der Waals surface area contributed by atoms with E-state index in [0.29, 0.717) is 11.4 Å². The van der Waals surface area contributed by atoms with E-state index in [1.165, 1.54) is 5.56 Å². The molecule has 32 heavy (non-hydrogen) atoms. The Hall–Kier alpha value is -3.32. The van der Waals surface area contributed by atoms with Crippen molar-refractivity contribution in [1.29, 1.82) is 0 Å². The van der Waals surface area contributed by atoms with Gasteiger partial charge in [0.05, 0.1) is 11.0 Å². The lowest BCUT2D eigenvalue weighted by molar-refractivity contribution is -0.149. The smallest absolute Gasteiger partial charge is 0.326 e. The van der Waals surface area contributed by atoms with E-state index in [9.17, 15) is 14.4 Å². The number of imide groups is 1. The zero-order valence-electron chi connectivity index (χ0n) is 18.2. The minimum absolute atomic E-state index is 0.304. The van der Waals surface area contributed by atoms with Crippen LogP contribution in [0.2, 0.25) is 0 Å². The molecule has 4 rings (SSSR count). The van der Waals surface area contributed by atoms with E-state index < -0.39 is 17.1 Å². The van der Waals surface area contributed by atoms with Crippen molar-refractivity contribution < 1.29 is 19.1 Å². The van der Waals surface area contributed by atoms with Crippen molar-refractivity contribution in [2.75, 3.05) is 6.54 Å². The summed E-state index contributed by atoms with van der Waals surface area (Å²) in [5, 5.41) is 0.541. The number of carbonyl (C=O) groups excluding carboxylic acids is 3. The van der Waals surface area contributed by atoms with Crippen molar-refractivity contribution in [3.05, 3.63) is 76.3 Å². The quantitative estimate of drug-likeness (QED) is 0.393. The highest BCUT2D eigenvalue weighted by molar-refractivity contribution is 8.18. The van der Waals surface area contributed by atoms with Gasteiger partial charge in [-0.1, -0.05) is 48.5 Å². The average molecular weight is 449 g/mol. The maximum atomic E-state index is 12.9. The zero-order valence-corrected chi connectivity index (χ0v) is 19.0. The highest BCUT2D eigenvalue weighted by Crippen LogP contribution is 2.35. The van der Waals surface area contributed by atoms with Crippen LogP contribution in [-0.4, -0.2) is 39.2 Å². The molecular formula is C25H24N2O4S. The molecule has 0 N–H and O–H groups in total. The first-order valence-electron chi connectivity index (χ1n) is 10.4. The molecule has 7 heteroatoms. The summed E-state index contributed by atoms with van der Waals surface area (Å²) in [6.45, 7) is 5.77. The van der Waals surface area contributed by atoms with Crippen molar-refractivity contribution in [2.24, 2.45) is 0 Å². The molecule has 6 nitrogen and oxygen atoms in total. The number of rotatable bonds is 6. The van der Waals surface area contributed by atoms with Crippen LogP contribution >= 0.6 is 11.8 Å². The van der Waals surface area contributed by atoms with Crippen molar-refractivity contribution in [1.82, 2.24) is 9.47 Å². The fourth-order valence-electron chi connectivity index (χ4n) is 3.81. The van der Waals surface area contributed by atoms with Gasteiger partial charge in [-0.3, -0.25) is 19.3 Å². The predicted octanol–water partition coefficient (Wildman–Crippen LogP) is 4.99. The number of hydrogen-bond donors (Lipinski definition) is 0. The number of hydrogen-bond acceptors (Lipinski definition) is 5. The molecule has 0 spiro atoms. The predicted molar refractivity (Wildman–Crippen MR) is 126 cm³/mol. The summed E-state index contributed by atoms with van der Waals surface area (Å²) in [6, 6.07) is 18.2. The molecule has 0 saturated carbocycles. The van der Waals surface area contributed by atoms with Gasteiger partial charge >= 0.3 is 5.97 Å². The van der Waals surface area contributed by atoms with Crippen LogP contribution in [0.5, 0.6) is 0 Å². The zero-order chi connectivity index (χ0) is 22.8. The molecule has 2 amide bonds. The fourth-order valence-corrected chi connectivity index (χ4v) is 4.63. The second kappa shape index (κ2) is 9.04. The lowest BCUT2D eigenvalue weighted by Crippen LogP contribution is -2.35. The molecule has 1 fully saturated rings. The van der Waals surface area contributed by atoms with Gasteiger partial charge in [0.15, 0.2) is 0 Å². The Bertz CT molecular complexity index is 1230. The van der Waals surface area contributed by atoms with Gasteiger partial charge < -0.3 is 9.30 Å². The molecule has 1 aliphatic heterocycles. The number of para-hydroxylation sites is 1. The van der Waals surface area contributed by atoms with Gasteiger partial charge in [0.25, 0.3) is 11.1 Å². The van der Waals surface area contributed by atoms with E-state index >= 15 is 0 Å². The van der Waals surface area contributed by atoms with Crippen LogP contribution < -0.4 is 0 Å². The normalized spacial score (nSPS) is 15.4. The van der Waals surface area contributed by atoms with Crippen LogP contribution in [0.25, 0.3) is 17.0 Å². The van der Waals surface area contributed by atoms with Gasteiger partial charge in [-0.2, -0.15) is 0 Å². The summed E-state index contributed by atoms with van der Waals surface area (Å²) < 4.78 is 7.29. The van der Waals surface area contributed by atoms with Crippen LogP contribution in [0.3, 0.4) is 0 Å². The highest BCUT2D eigenvalue weighted by atomic mass is 32.2. The first kappa shape index (κ1) is 21.9. The Balaban J connectivity index is 1.68. The van der Waals surface area contributed by atoms with Crippen LogP contribution in [0.1, 0.15) is 30.7 Å². The Morgan fingerprint density at radius 1 is 1.06 bits per heavy atom. The minimum atomic E-state index is -0.598. The number of ether oxygens (including phenoxy) is 1. The van der Waals surface area contributed by atoms with Crippen LogP contribution in [0.4, 0.5) is 4.79 Å². The van der Waals surface area contributed by atoms with E-state index in [0.717, 1.165) is 38.8 Å². The van der Waals surface area contributed by atoms with Gasteiger partial charge in [0.2, 0.25) is 0 Å². The number of esters is 1. The number of carbonyl (C=O) groups is 3. The maximum absolute atomic E-state index is 12.9. The highest BCUT2D eigenvalue weighted by Gasteiger charge is 2.37. The van der Waals surface area contributed by atoms with Crippen LogP contribution in [0, 0.1) is 6.92 Å². The summed E-state index contributed by atoms with van der Waals surface area (Å²) in [4.78, 5) is 38.5. The summed E-state index contributed by atoms with van der Waals surface area (Å²) in [7, 11) is 0. The van der Waals surface area contributed by atoms with Crippen molar-refractivity contribution >= 4 is 45.9 Å². The van der Waals surface area contributed by atoms with E-state index in [1.54, 1.807) is 19.9 Å². The topological polar surface area (TPSA) is 68.6 Å². The molecular weight excluding hydrogens is 424 g/mol. The number of thioether (sulfide) groups is 1. The molecule has 164 valence electrons. The third-order valence-electron chi connectivity index (χ3n) is 5.27. The number of aromatic nitrogens is 1. The number of benzene rings is 2. The molecule has 2 aromatic carbocycles. The second-order valence-corrected chi connectivity index (χ2v) is 8.89. The number of nitrogens with zero attached hydrogens (tertiary/aromatic N) is 2. The van der Waals surface area contributed by atoms with Gasteiger partial charge in [-0.15, -0.1) is 0 Å².